The first kappa shape index (κ1) is 13.7. The van der Waals surface area contributed by atoms with E-state index in [4.69, 9.17) is 4.74 Å². The topological polar surface area (TPSA) is 63.6 Å². The molecule has 0 saturated carbocycles. The van der Waals surface area contributed by atoms with Crippen LogP contribution in [0.1, 0.15) is 11.1 Å². The smallest absolute Gasteiger partial charge is 0.204 e. The molecule has 0 fully saturated rings. The highest BCUT2D eigenvalue weighted by Gasteiger charge is 2.30. The summed E-state index contributed by atoms with van der Waals surface area (Å²) in [7, 11) is -3.59. The Morgan fingerprint density at radius 2 is 1.86 bits per heavy atom. The molecular formula is C16H14O4S. The van der Waals surface area contributed by atoms with Gasteiger partial charge in [0, 0.05) is 16.5 Å². The van der Waals surface area contributed by atoms with Gasteiger partial charge in [-0.1, -0.05) is 30.3 Å². The summed E-state index contributed by atoms with van der Waals surface area (Å²) >= 11 is 0. The maximum Gasteiger partial charge on any atom is 0.204 e. The molecule has 0 saturated heterocycles. The minimum absolute atomic E-state index is 0.0339. The number of aryl methyl sites for hydroxylation is 1. The molecule has 3 rings (SSSR count). The lowest BCUT2D eigenvalue weighted by atomic mass is 10.1. The third-order valence-electron chi connectivity index (χ3n) is 3.40. The quantitative estimate of drug-likeness (QED) is 0.947. The lowest BCUT2D eigenvalue weighted by molar-refractivity contribution is 0.367. The summed E-state index contributed by atoms with van der Waals surface area (Å²) in [6.07, 6.45) is 0. The van der Waals surface area contributed by atoms with Crippen molar-refractivity contribution in [3.63, 3.8) is 0 Å². The molecule has 0 spiro atoms. The highest BCUT2D eigenvalue weighted by atomic mass is 32.2. The van der Waals surface area contributed by atoms with Gasteiger partial charge in [-0.3, -0.25) is 0 Å². The first-order valence-electron chi connectivity index (χ1n) is 6.45. The van der Waals surface area contributed by atoms with Crippen LogP contribution in [0.2, 0.25) is 0 Å². The molecule has 0 unspecified atom stereocenters. The summed E-state index contributed by atoms with van der Waals surface area (Å²) in [5.41, 5.74) is 2.03. The molecule has 1 N–H and O–H groups in total. The van der Waals surface area contributed by atoms with Crippen molar-refractivity contribution in [2.45, 2.75) is 11.8 Å². The zero-order chi connectivity index (χ0) is 15.0. The van der Waals surface area contributed by atoms with Crippen molar-refractivity contribution in [2.24, 2.45) is 0 Å². The van der Waals surface area contributed by atoms with Crippen LogP contribution < -0.4 is 4.74 Å². The summed E-state index contributed by atoms with van der Waals surface area (Å²) < 4.78 is 29.8. The lowest BCUT2D eigenvalue weighted by Gasteiger charge is -2.10. The summed E-state index contributed by atoms with van der Waals surface area (Å²) in [6.45, 7) is 2.06. The van der Waals surface area contributed by atoms with Crippen LogP contribution in [-0.2, 0) is 9.84 Å². The standard InChI is InChI=1S/C16H14O4S/c1-11-5-2-3-8-15(11)20-9-12-10-21(18,19)16-13(12)6-4-7-14(16)17/h2-8,10,17H,9H2,1H3. The van der Waals surface area contributed by atoms with Gasteiger partial charge < -0.3 is 9.84 Å². The van der Waals surface area contributed by atoms with E-state index in [1.165, 1.54) is 6.07 Å². The van der Waals surface area contributed by atoms with Crippen LogP contribution in [0.3, 0.4) is 0 Å². The van der Waals surface area contributed by atoms with Crippen LogP contribution >= 0.6 is 0 Å². The van der Waals surface area contributed by atoms with Crippen LogP contribution in [0, 0.1) is 6.92 Å². The van der Waals surface area contributed by atoms with Crippen molar-refractivity contribution in [3.8, 4) is 11.5 Å². The number of benzene rings is 2. The molecular weight excluding hydrogens is 288 g/mol. The Morgan fingerprint density at radius 3 is 2.62 bits per heavy atom. The number of phenols is 1. The maximum atomic E-state index is 12.1. The van der Waals surface area contributed by atoms with E-state index in [0.717, 1.165) is 11.0 Å². The first-order valence-corrected chi connectivity index (χ1v) is 8.00. The summed E-state index contributed by atoms with van der Waals surface area (Å²) in [6, 6.07) is 12.2. The molecule has 21 heavy (non-hydrogen) atoms. The second-order valence-corrected chi connectivity index (χ2v) is 6.63. The van der Waals surface area contributed by atoms with E-state index >= 15 is 0 Å². The van der Waals surface area contributed by atoms with Gasteiger partial charge in [0.2, 0.25) is 9.84 Å². The van der Waals surface area contributed by atoms with Gasteiger partial charge in [-0.05, 0) is 24.6 Å². The Balaban J connectivity index is 1.92. The lowest BCUT2D eigenvalue weighted by Crippen LogP contribution is -2.00. The van der Waals surface area contributed by atoms with Gasteiger partial charge in [-0.15, -0.1) is 0 Å². The van der Waals surface area contributed by atoms with Crippen LogP contribution in [0.15, 0.2) is 52.8 Å². The number of hydrogen-bond acceptors (Lipinski definition) is 4. The van der Waals surface area contributed by atoms with Crippen molar-refractivity contribution in [3.05, 3.63) is 59.0 Å². The molecule has 0 atom stereocenters. The van der Waals surface area contributed by atoms with Crippen LogP contribution in [0.4, 0.5) is 0 Å². The molecule has 0 bridgehead atoms. The Kier molecular flexibility index (Phi) is 3.22. The number of phenolic OH excluding ortho intramolecular Hbond substituents is 1. The molecule has 2 aromatic rings. The van der Waals surface area contributed by atoms with Gasteiger partial charge in [-0.2, -0.15) is 0 Å². The van der Waals surface area contributed by atoms with Gasteiger partial charge in [-0.25, -0.2) is 8.42 Å². The fourth-order valence-electron chi connectivity index (χ4n) is 2.37. The molecule has 2 aromatic carbocycles. The number of para-hydroxylation sites is 1. The molecule has 108 valence electrons. The maximum absolute atomic E-state index is 12.1. The first-order chi connectivity index (χ1) is 9.99. The van der Waals surface area contributed by atoms with E-state index in [2.05, 4.69) is 0 Å². The normalized spacial score (nSPS) is 15.4. The number of aromatic hydroxyl groups is 1. The van der Waals surface area contributed by atoms with E-state index in [-0.39, 0.29) is 17.3 Å². The fraction of sp³-hybridized carbons (Fsp3) is 0.125. The number of sulfone groups is 1. The van der Waals surface area contributed by atoms with Crippen molar-refractivity contribution in [2.75, 3.05) is 6.61 Å². The fourth-order valence-corrected chi connectivity index (χ4v) is 3.92. The molecule has 4 nitrogen and oxygen atoms in total. The molecule has 1 aliphatic rings. The summed E-state index contributed by atoms with van der Waals surface area (Å²) in [4.78, 5) is -0.0339. The molecule has 1 aliphatic heterocycles. The Morgan fingerprint density at radius 1 is 1.10 bits per heavy atom. The van der Waals surface area contributed by atoms with Crippen LogP contribution in [-0.4, -0.2) is 20.1 Å². The Hall–Kier alpha value is -2.27. The minimum Gasteiger partial charge on any atom is -0.507 e. The monoisotopic (exact) mass is 302 g/mol. The van der Waals surface area contributed by atoms with E-state index in [0.29, 0.717) is 16.9 Å². The van der Waals surface area contributed by atoms with Crippen molar-refractivity contribution < 1.29 is 18.3 Å². The van der Waals surface area contributed by atoms with E-state index < -0.39 is 9.84 Å². The minimum atomic E-state index is -3.59. The average molecular weight is 302 g/mol. The van der Waals surface area contributed by atoms with Crippen LogP contribution in [0.25, 0.3) is 5.57 Å². The van der Waals surface area contributed by atoms with Crippen molar-refractivity contribution in [1.82, 2.24) is 0 Å². The SMILES string of the molecule is Cc1ccccc1OCC1=CS(=O)(=O)c2c(O)cccc21. The Bertz CT molecular complexity index is 835. The molecule has 5 heteroatoms. The summed E-state index contributed by atoms with van der Waals surface area (Å²) in [5.74, 6) is 0.485. The van der Waals surface area contributed by atoms with Gasteiger partial charge in [0.15, 0.2) is 0 Å². The zero-order valence-corrected chi connectivity index (χ0v) is 12.2. The zero-order valence-electron chi connectivity index (χ0n) is 11.4. The van der Waals surface area contributed by atoms with Gasteiger partial charge in [0.05, 0.1) is 0 Å². The predicted octanol–water partition coefficient (Wildman–Crippen LogP) is 2.91. The van der Waals surface area contributed by atoms with Crippen LogP contribution in [0.5, 0.6) is 11.5 Å². The van der Waals surface area contributed by atoms with E-state index in [1.54, 1.807) is 12.1 Å². The Labute approximate surface area is 123 Å². The predicted molar refractivity (Wildman–Crippen MR) is 79.9 cm³/mol. The number of ether oxygens (including phenoxy) is 1. The number of fused-ring (bicyclic) bond motifs is 1. The van der Waals surface area contributed by atoms with Crippen molar-refractivity contribution >= 4 is 15.4 Å². The largest absolute Gasteiger partial charge is 0.507 e. The summed E-state index contributed by atoms with van der Waals surface area (Å²) in [5, 5.41) is 10.9. The van der Waals surface area contributed by atoms with Gasteiger partial charge >= 0.3 is 0 Å². The molecule has 0 aliphatic carbocycles. The van der Waals surface area contributed by atoms with Gasteiger partial charge in [0.25, 0.3) is 0 Å². The molecule has 1 heterocycles. The number of rotatable bonds is 3. The highest BCUT2D eigenvalue weighted by Crippen LogP contribution is 2.39. The highest BCUT2D eigenvalue weighted by molar-refractivity contribution is 7.95. The molecule has 0 amide bonds. The second-order valence-electron chi connectivity index (χ2n) is 4.90. The van der Waals surface area contributed by atoms with E-state index in [9.17, 15) is 13.5 Å². The van der Waals surface area contributed by atoms with E-state index in [1.807, 2.05) is 31.2 Å². The number of hydrogen-bond donors (Lipinski definition) is 1. The van der Waals surface area contributed by atoms with Gasteiger partial charge in [0.1, 0.15) is 23.0 Å². The molecule has 0 radical (unpaired) electrons. The average Bonchev–Trinajstić information content (AvgIpc) is 2.70. The second kappa shape index (κ2) is 4.93. The van der Waals surface area contributed by atoms with Crippen molar-refractivity contribution in [1.29, 1.82) is 0 Å². The third-order valence-corrected chi connectivity index (χ3v) is 4.99. The molecule has 0 aromatic heterocycles. The third kappa shape index (κ3) is 2.40.